The number of hydrogen-bond donors (Lipinski definition) is 1. The van der Waals surface area contributed by atoms with Crippen molar-refractivity contribution in [3.8, 4) is 5.75 Å². The van der Waals surface area contributed by atoms with Gasteiger partial charge in [-0.05, 0) is 30.3 Å². The van der Waals surface area contributed by atoms with Gasteiger partial charge in [0, 0.05) is 30.3 Å². The van der Waals surface area contributed by atoms with Crippen LogP contribution in [-0.4, -0.2) is 29.8 Å². The first-order valence-electron chi connectivity index (χ1n) is 8.11. The largest absolute Gasteiger partial charge is 0.489 e. The third kappa shape index (κ3) is 4.26. The van der Waals surface area contributed by atoms with Gasteiger partial charge in [0.15, 0.2) is 0 Å². The van der Waals surface area contributed by atoms with E-state index in [0.29, 0.717) is 11.3 Å². The average Bonchev–Trinajstić information content (AvgIpc) is 2.94. The Bertz CT molecular complexity index is 736. The molecule has 0 bridgehead atoms. The average molecular weight is 347 g/mol. The molecule has 3 rings (SSSR count). The van der Waals surface area contributed by atoms with Gasteiger partial charge < -0.3 is 14.7 Å². The maximum absolute atomic E-state index is 13.7. The van der Waals surface area contributed by atoms with E-state index in [1.807, 2.05) is 0 Å². The van der Waals surface area contributed by atoms with Crippen LogP contribution in [0.2, 0.25) is 0 Å². The summed E-state index contributed by atoms with van der Waals surface area (Å²) in [5.74, 6) is -0.687. The number of hydrogen-bond acceptors (Lipinski definition) is 3. The Hall–Kier alpha value is -2.63. The molecular formula is C19H19F2NO3. The SMILES string of the molecule is O=C(O)CC1CC(F)CN1c1ccc(OCc2ccccc2F)cc1. The first-order valence-corrected chi connectivity index (χ1v) is 8.11. The molecule has 1 heterocycles. The summed E-state index contributed by atoms with van der Waals surface area (Å²) >= 11 is 0. The summed E-state index contributed by atoms with van der Waals surface area (Å²) in [4.78, 5) is 12.7. The number of carbonyl (C=O) groups is 1. The zero-order chi connectivity index (χ0) is 17.8. The van der Waals surface area contributed by atoms with E-state index in [4.69, 9.17) is 9.84 Å². The predicted octanol–water partition coefficient (Wildman–Crippen LogP) is 3.80. The Balaban J connectivity index is 1.65. The molecule has 1 aliphatic rings. The summed E-state index contributed by atoms with van der Waals surface area (Å²) in [5.41, 5.74) is 1.22. The summed E-state index contributed by atoms with van der Waals surface area (Å²) in [6.45, 7) is 0.303. The minimum Gasteiger partial charge on any atom is -0.489 e. The molecule has 4 nitrogen and oxygen atoms in total. The summed E-state index contributed by atoms with van der Waals surface area (Å²) < 4.78 is 32.8. The molecule has 0 spiro atoms. The van der Waals surface area contributed by atoms with Crippen LogP contribution in [0.15, 0.2) is 48.5 Å². The molecule has 2 atom stereocenters. The zero-order valence-electron chi connectivity index (χ0n) is 13.6. The summed E-state index contributed by atoms with van der Waals surface area (Å²) in [6.07, 6.45) is -0.898. The number of carboxylic acid groups (broad SMARTS) is 1. The van der Waals surface area contributed by atoms with E-state index in [0.717, 1.165) is 5.69 Å². The molecule has 132 valence electrons. The van der Waals surface area contributed by atoms with Crippen molar-refractivity contribution in [1.29, 1.82) is 0 Å². The van der Waals surface area contributed by atoms with Gasteiger partial charge in [0.05, 0.1) is 6.42 Å². The Morgan fingerprint density at radius 3 is 2.60 bits per heavy atom. The van der Waals surface area contributed by atoms with Gasteiger partial charge in [-0.25, -0.2) is 8.78 Å². The molecule has 2 aromatic rings. The monoisotopic (exact) mass is 347 g/mol. The number of benzene rings is 2. The zero-order valence-corrected chi connectivity index (χ0v) is 13.6. The van der Waals surface area contributed by atoms with Crippen molar-refractivity contribution in [3.63, 3.8) is 0 Å². The van der Waals surface area contributed by atoms with E-state index in [1.165, 1.54) is 6.07 Å². The lowest BCUT2D eigenvalue weighted by molar-refractivity contribution is -0.137. The lowest BCUT2D eigenvalue weighted by Gasteiger charge is -2.25. The van der Waals surface area contributed by atoms with Crippen LogP contribution in [0.3, 0.4) is 0 Å². The molecule has 1 aliphatic heterocycles. The number of alkyl halides is 1. The van der Waals surface area contributed by atoms with Crippen molar-refractivity contribution in [2.45, 2.75) is 31.7 Å². The smallest absolute Gasteiger partial charge is 0.305 e. The fraction of sp³-hybridized carbons (Fsp3) is 0.316. The maximum Gasteiger partial charge on any atom is 0.305 e. The lowest BCUT2D eigenvalue weighted by Crippen LogP contribution is -2.31. The number of carboxylic acids is 1. The van der Waals surface area contributed by atoms with Gasteiger partial charge in [0.1, 0.15) is 24.3 Å². The fourth-order valence-electron chi connectivity index (χ4n) is 3.08. The number of rotatable bonds is 6. The van der Waals surface area contributed by atoms with Crippen molar-refractivity contribution in [1.82, 2.24) is 0 Å². The molecule has 0 aliphatic carbocycles. The highest BCUT2D eigenvalue weighted by atomic mass is 19.1. The fourth-order valence-corrected chi connectivity index (χ4v) is 3.08. The highest BCUT2D eigenvalue weighted by Gasteiger charge is 2.33. The van der Waals surface area contributed by atoms with E-state index in [-0.39, 0.29) is 37.9 Å². The van der Waals surface area contributed by atoms with Gasteiger partial charge in [0.25, 0.3) is 0 Å². The van der Waals surface area contributed by atoms with Gasteiger partial charge in [-0.2, -0.15) is 0 Å². The number of aliphatic carboxylic acids is 1. The second-order valence-electron chi connectivity index (χ2n) is 6.11. The van der Waals surface area contributed by atoms with Crippen LogP contribution >= 0.6 is 0 Å². The Morgan fingerprint density at radius 2 is 1.92 bits per heavy atom. The Kier molecular flexibility index (Phi) is 5.16. The van der Waals surface area contributed by atoms with E-state index >= 15 is 0 Å². The summed E-state index contributed by atoms with van der Waals surface area (Å²) in [6, 6.07) is 13.0. The molecule has 25 heavy (non-hydrogen) atoms. The number of halogens is 2. The molecule has 2 unspecified atom stereocenters. The minimum atomic E-state index is -1.03. The standard InChI is InChI=1S/C19H19F2NO3/c20-14-9-16(10-19(23)24)22(11-14)15-5-7-17(8-6-15)25-12-13-3-1-2-4-18(13)21/h1-8,14,16H,9-12H2,(H,23,24). The number of anilines is 1. The van der Waals surface area contributed by atoms with E-state index < -0.39 is 12.1 Å². The number of ether oxygens (including phenoxy) is 1. The van der Waals surface area contributed by atoms with Crippen LogP contribution in [-0.2, 0) is 11.4 Å². The van der Waals surface area contributed by atoms with Crippen LogP contribution in [0, 0.1) is 5.82 Å². The quantitative estimate of drug-likeness (QED) is 0.864. The molecule has 1 fully saturated rings. The van der Waals surface area contributed by atoms with E-state index in [9.17, 15) is 13.6 Å². The minimum absolute atomic E-state index is 0.0913. The summed E-state index contributed by atoms with van der Waals surface area (Å²) in [7, 11) is 0. The second-order valence-corrected chi connectivity index (χ2v) is 6.11. The normalized spacial score (nSPS) is 19.8. The van der Waals surface area contributed by atoms with Gasteiger partial charge in [-0.15, -0.1) is 0 Å². The van der Waals surface area contributed by atoms with Crippen molar-refractivity contribution in [3.05, 3.63) is 59.9 Å². The number of nitrogens with zero attached hydrogens (tertiary/aromatic N) is 1. The molecule has 1 N–H and O–H groups in total. The van der Waals surface area contributed by atoms with Gasteiger partial charge >= 0.3 is 5.97 Å². The van der Waals surface area contributed by atoms with Crippen LogP contribution < -0.4 is 9.64 Å². The predicted molar refractivity (Wildman–Crippen MR) is 90.1 cm³/mol. The Morgan fingerprint density at radius 1 is 1.20 bits per heavy atom. The summed E-state index contributed by atoms with van der Waals surface area (Å²) in [5, 5.41) is 8.97. The first-order chi connectivity index (χ1) is 12.0. The van der Waals surface area contributed by atoms with Gasteiger partial charge in [-0.3, -0.25) is 4.79 Å². The molecule has 0 radical (unpaired) electrons. The highest BCUT2D eigenvalue weighted by molar-refractivity contribution is 5.69. The molecule has 1 saturated heterocycles. The van der Waals surface area contributed by atoms with Crippen LogP contribution in [0.1, 0.15) is 18.4 Å². The van der Waals surface area contributed by atoms with Crippen molar-refractivity contribution >= 4 is 11.7 Å². The third-order valence-electron chi connectivity index (χ3n) is 4.29. The van der Waals surface area contributed by atoms with Gasteiger partial charge in [0.2, 0.25) is 0 Å². The van der Waals surface area contributed by atoms with Crippen LogP contribution in [0.5, 0.6) is 5.75 Å². The van der Waals surface area contributed by atoms with Gasteiger partial charge in [-0.1, -0.05) is 18.2 Å². The Labute approximate surface area is 144 Å². The lowest BCUT2D eigenvalue weighted by atomic mass is 10.1. The van der Waals surface area contributed by atoms with Crippen molar-refractivity contribution in [2.24, 2.45) is 0 Å². The maximum atomic E-state index is 13.7. The molecule has 0 amide bonds. The molecular weight excluding hydrogens is 328 g/mol. The molecule has 2 aromatic carbocycles. The molecule has 0 aromatic heterocycles. The van der Waals surface area contributed by atoms with Crippen molar-refractivity contribution in [2.75, 3.05) is 11.4 Å². The van der Waals surface area contributed by atoms with E-state index in [2.05, 4.69) is 0 Å². The van der Waals surface area contributed by atoms with Crippen molar-refractivity contribution < 1.29 is 23.4 Å². The van der Waals surface area contributed by atoms with Crippen LogP contribution in [0.4, 0.5) is 14.5 Å². The molecule has 0 saturated carbocycles. The van der Waals surface area contributed by atoms with E-state index in [1.54, 1.807) is 47.4 Å². The first kappa shape index (κ1) is 17.2. The second kappa shape index (κ2) is 7.51. The van der Waals surface area contributed by atoms with Crippen LogP contribution in [0.25, 0.3) is 0 Å². The highest BCUT2D eigenvalue weighted by Crippen LogP contribution is 2.30. The third-order valence-corrected chi connectivity index (χ3v) is 4.29. The topological polar surface area (TPSA) is 49.8 Å². The molecule has 6 heteroatoms.